The van der Waals surface area contributed by atoms with Crippen molar-refractivity contribution in [1.82, 2.24) is 5.16 Å². The third kappa shape index (κ3) is 4.21. The number of nitrogens with zero attached hydrogens (tertiary/aromatic N) is 1. The summed E-state index contributed by atoms with van der Waals surface area (Å²) >= 11 is 5.80. The average molecular weight is 327 g/mol. The monoisotopic (exact) mass is 326 g/mol. The molecule has 1 aromatic carbocycles. The molecule has 0 bridgehead atoms. The third-order valence-corrected chi connectivity index (χ3v) is 3.09. The van der Waals surface area contributed by atoms with Crippen molar-refractivity contribution in [3.63, 3.8) is 0 Å². The number of hydrogen-bond acceptors (Lipinski definition) is 4. The van der Waals surface area contributed by atoms with E-state index in [0.29, 0.717) is 0 Å². The Balaban J connectivity index is 1.92. The predicted molar refractivity (Wildman–Crippen MR) is 80.7 cm³/mol. The van der Waals surface area contributed by atoms with Gasteiger partial charge in [-0.2, -0.15) is 0 Å². The van der Waals surface area contributed by atoms with Gasteiger partial charge in [0.05, 0.1) is 10.7 Å². The molecule has 0 radical (unpaired) electrons. The van der Waals surface area contributed by atoms with E-state index in [1.165, 1.54) is 12.1 Å². The Morgan fingerprint density at radius 2 is 2.14 bits per heavy atom. The number of halogens is 2. The average Bonchev–Trinajstić information content (AvgIpc) is 2.86. The van der Waals surface area contributed by atoms with E-state index in [9.17, 15) is 9.18 Å². The Morgan fingerprint density at radius 1 is 1.41 bits per heavy atom. The van der Waals surface area contributed by atoms with E-state index in [1.807, 2.05) is 20.8 Å². The minimum atomic E-state index is -0.474. The van der Waals surface area contributed by atoms with Gasteiger partial charge in [0.25, 0.3) is 5.91 Å². The molecule has 0 aliphatic rings. The molecule has 1 N–H and O–H groups in total. The minimum absolute atomic E-state index is 0.0995. The van der Waals surface area contributed by atoms with Gasteiger partial charge in [0, 0.05) is 11.5 Å². The number of ether oxygens (including phenoxy) is 1. The van der Waals surface area contributed by atoms with Crippen molar-refractivity contribution in [2.45, 2.75) is 26.2 Å². The van der Waals surface area contributed by atoms with Crippen molar-refractivity contribution in [3.8, 4) is 5.75 Å². The highest BCUT2D eigenvalue weighted by Crippen LogP contribution is 2.25. The topological polar surface area (TPSA) is 64.4 Å². The molecule has 7 heteroatoms. The van der Waals surface area contributed by atoms with Gasteiger partial charge in [-0.15, -0.1) is 0 Å². The van der Waals surface area contributed by atoms with Gasteiger partial charge in [-0.3, -0.25) is 10.1 Å². The molecule has 0 aliphatic heterocycles. The number of hydrogen-bond donors (Lipinski definition) is 1. The zero-order valence-electron chi connectivity index (χ0n) is 12.4. The van der Waals surface area contributed by atoms with Gasteiger partial charge in [-0.25, -0.2) is 4.39 Å². The van der Waals surface area contributed by atoms with Crippen LogP contribution in [0.4, 0.5) is 10.3 Å². The van der Waals surface area contributed by atoms with E-state index in [1.54, 1.807) is 6.07 Å². The molecule has 0 saturated heterocycles. The lowest BCUT2D eigenvalue weighted by Crippen LogP contribution is -2.20. The number of carbonyl (C=O) groups excluding carboxylic acids is 1. The third-order valence-electron chi connectivity index (χ3n) is 2.79. The van der Waals surface area contributed by atoms with Crippen LogP contribution in [0.1, 0.15) is 26.5 Å². The molecular weight excluding hydrogens is 311 g/mol. The summed E-state index contributed by atoms with van der Waals surface area (Å²) in [4.78, 5) is 11.8. The smallest absolute Gasteiger partial charge is 0.264 e. The molecule has 118 valence electrons. The molecule has 1 aromatic heterocycles. The molecule has 0 spiro atoms. The van der Waals surface area contributed by atoms with Crippen LogP contribution in [0.25, 0.3) is 0 Å². The van der Waals surface area contributed by atoms with Gasteiger partial charge in [-0.05, 0) is 18.2 Å². The molecule has 22 heavy (non-hydrogen) atoms. The fourth-order valence-corrected chi connectivity index (χ4v) is 1.82. The van der Waals surface area contributed by atoms with Crippen molar-refractivity contribution in [1.29, 1.82) is 0 Å². The van der Waals surface area contributed by atoms with Crippen LogP contribution in [-0.2, 0) is 10.2 Å². The maximum absolute atomic E-state index is 12.9. The SMILES string of the molecule is CC(C)(C)c1cc(NC(=O)COc2ccc(F)cc2Cl)on1. The van der Waals surface area contributed by atoms with E-state index in [2.05, 4.69) is 10.5 Å². The first kappa shape index (κ1) is 16.3. The van der Waals surface area contributed by atoms with Crippen LogP contribution in [0.15, 0.2) is 28.8 Å². The van der Waals surface area contributed by atoms with Crippen molar-refractivity contribution in [2.75, 3.05) is 11.9 Å². The molecule has 0 atom stereocenters. The van der Waals surface area contributed by atoms with Crippen LogP contribution in [-0.4, -0.2) is 17.7 Å². The number of carbonyl (C=O) groups is 1. The molecule has 2 rings (SSSR count). The number of anilines is 1. The molecular formula is C15H16ClFN2O3. The summed E-state index contributed by atoms with van der Waals surface area (Å²) < 4.78 is 23.2. The second-order valence-electron chi connectivity index (χ2n) is 5.74. The van der Waals surface area contributed by atoms with Crippen molar-refractivity contribution in [2.24, 2.45) is 0 Å². The second kappa shape index (κ2) is 6.36. The Bertz CT molecular complexity index is 680. The summed E-state index contributed by atoms with van der Waals surface area (Å²) in [5.41, 5.74) is 0.551. The van der Waals surface area contributed by atoms with Crippen LogP contribution < -0.4 is 10.1 Å². The second-order valence-corrected chi connectivity index (χ2v) is 6.15. The van der Waals surface area contributed by atoms with Gasteiger partial charge in [-0.1, -0.05) is 37.5 Å². The first-order valence-electron chi connectivity index (χ1n) is 6.60. The summed E-state index contributed by atoms with van der Waals surface area (Å²) in [5.74, 6) is -0.440. The van der Waals surface area contributed by atoms with E-state index in [-0.39, 0.29) is 28.7 Å². The lowest BCUT2D eigenvalue weighted by molar-refractivity contribution is -0.118. The van der Waals surface area contributed by atoms with Crippen LogP contribution in [0, 0.1) is 5.82 Å². The zero-order valence-corrected chi connectivity index (χ0v) is 13.2. The van der Waals surface area contributed by atoms with E-state index in [0.717, 1.165) is 11.8 Å². The highest BCUT2D eigenvalue weighted by molar-refractivity contribution is 6.32. The van der Waals surface area contributed by atoms with Crippen LogP contribution in [0.5, 0.6) is 5.75 Å². The number of amides is 1. The highest BCUT2D eigenvalue weighted by Gasteiger charge is 2.19. The number of aromatic nitrogens is 1. The molecule has 0 aliphatic carbocycles. The van der Waals surface area contributed by atoms with Gasteiger partial charge in [0.15, 0.2) is 6.61 Å². The zero-order chi connectivity index (χ0) is 16.3. The Morgan fingerprint density at radius 3 is 2.73 bits per heavy atom. The number of nitrogens with one attached hydrogen (secondary N) is 1. The van der Waals surface area contributed by atoms with Crippen molar-refractivity contribution >= 4 is 23.4 Å². The summed E-state index contributed by atoms with van der Waals surface area (Å²) in [6.07, 6.45) is 0. The first-order chi connectivity index (χ1) is 10.3. The van der Waals surface area contributed by atoms with Crippen LogP contribution >= 0.6 is 11.6 Å². The summed E-state index contributed by atoms with van der Waals surface area (Å²) in [6, 6.07) is 5.33. The lowest BCUT2D eigenvalue weighted by Gasteiger charge is -2.12. The fraction of sp³-hybridized carbons (Fsp3) is 0.333. The quantitative estimate of drug-likeness (QED) is 0.928. The first-order valence-corrected chi connectivity index (χ1v) is 6.98. The molecule has 2 aromatic rings. The minimum Gasteiger partial charge on any atom is -0.482 e. The normalized spacial score (nSPS) is 11.3. The Hall–Kier alpha value is -2.08. The maximum Gasteiger partial charge on any atom is 0.264 e. The standard InChI is InChI=1S/C15H16ClFN2O3/c1-15(2,3)12-7-14(22-19-12)18-13(20)8-21-11-5-4-9(17)6-10(11)16/h4-7H,8H2,1-3H3,(H,18,20). The van der Waals surface area contributed by atoms with E-state index < -0.39 is 11.7 Å². The van der Waals surface area contributed by atoms with Gasteiger partial charge >= 0.3 is 0 Å². The fourth-order valence-electron chi connectivity index (χ4n) is 1.60. The predicted octanol–water partition coefficient (Wildman–Crippen LogP) is 3.78. The van der Waals surface area contributed by atoms with Gasteiger partial charge in [0.2, 0.25) is 5.88 Å². The van der Waals surface area contributed by atoms with Gasteiger partial charge < -0.3 is 9.26 Å². The number of benzene rings is 1. The Labute approximate surface area is 132 Å². The molecule has 0 fully saturated rings. The molecule has 1 amide bonds. The largest absolute Gasteiger partial charge is 0.482 e. The highest BCUT2D eigenvalue weighted by atomic mass is 35.5. The number of rotatable bonds is 4. The van der Waals surface area contributed by atoms with E-state index in [4.69, 9.17) is 20.9 Å². The van der Waals surface area contributed by atoms with E-state index >= 15 is 0 Å². The van der Waals surface area contributed by atoms with Gasteiger partial charge in [0.1, 0.15) is 11.6 Å². The lowest BCUT2D eigenvalue weighted by atomic mass is 9.92. The molecule has 1 heterocycles. The summed E-state index contributed by atoms with van der Waals surface area (Å²) in [6.45, 7) is 5.67. The molecule has 0 saturated carbocycles. The van der Waals surface area contributed by atoms with Crippen molar-refractivity contribution in [3.05, 3.63) is 40.8 Å². The maximum atomic E-state index is 12.9. The van der Waals surface area contributed by atoms with Crippen molar-refractivity contribution < 1.29 is 18.4 Å². The summed E-state index contributed by atoms with van der Waals surface area (Å²) in [5, 5.41) is 6.51. The van der Waals surface area contributed by atoms with Crippen LogP contribution in [0.2, 0.25) is 5.02 Å². The molecule has 5 nitrogen and oxygen atoms in total. The van der Waals surface area contributed by atoms with Crippen LogP contribution in [0.3, 0.4) is 0 Å². The summed E-state index contributed by atoms with van der Waals surface area (Å²) in [7, 11) is 0. The Kier molecular flexibility index (Phi) is 4.71. The molecule has 0 unspecified atom stereocenters.